The van der Waals surface area contributed by atoms with Crippen LogP contribution in [0.4, 0.5) is 0 Å². The summed E-state index contributed by atoms with van der Waals surface area (Å²) in [7, 11) is 0. The summed E-state index contributed by atoms with van der Waals surface area (Å²) in [6, 6.07) is 4.58. The highest BCUT2D eigenvalue weighted by Gasteiger charge is 2.14. The van der Waals surface area contributed by atoms with Crippen LogP contribution in [0.1, 0.15) is 26.7 Å². The number of hydrogen-bond donors (Lipinski definition) is 3. The number of furan rings is 2. The van der Waals surface area contributed by atoms with Crippen LogP contribution in [-0.2, 0) is 0 Å². The molecule has 0 bridgehead atoms. The van der Waals surface area contributed by atoms with Gasteiger partial charge in [0.1, 0.15) is 5.76 Å². The lowest BCUT2D eigenvalue weighted by molar-refractivity contribution is 0.0925. The summed E-state index contributed by atoms with van der Waals surface area (Å²) < 4.78 is 10.5. The van der Waals surface area contributed by atoms with Crippen LogP contribution in [0, 0.1) is 6.92 Å². The summed E-state index contributed by atoms with van der Waals surface area (Å²) in [6.45, 7) is 1.66. The maximum Gasteiger partial charge on any atom is 0.293 e. The maximum absolute atomic E-state index is 11.8. The van der Waals surface area contributed by atoms with Crippen molar-refractivity contribution in [3.05, 3.63) is 46.2 Å². The van der Waals surface area contributed by atoms with Crippen molar-refractivity contribution in [2.75, 3.05) is 0 Å². The molecule has 2 aromatic rings. The Kier molecular flexibility index (Phi) is 4.76. The first-order valence-electron chi connectivity index (χ1n) is 5.68. The van der Waals surface area contributed by atoms with E-state index < -0.39 is 11.8 Å². The third kappa shape index (κ3) is 3.92. The van der Waals surface area contributed by atoms with Crippen LogP contribution < -0.4 is 16.2 Å². The van der Waals surface area contributed by atoms with Crippen LogP contribution >= 0.6 is 28.1 Å². The first-order chi connectivity index (χ1) is 9.97. The summed E-state index contributed by atoms with van der Waals surface area (Å²) in [6.07, 6.45) is 1.40. The average Bonchev–Trinajstić information content (AvgIpc) is 3.04. The first-order valence-corrected chi connectivity index (χ1v) is 6.88. The van der Waals surface area contributed by atoms with Crippen molar-refractivity contribution in [3.63, 3.8) is 0 Å². The summed E-state index contributed by atoms with van der Waals surface area (Å²) in [5.74, 6) is -0.404. The Bertz CT molecular complexity index is 694. The van der Waals surface area contributed by atoms with Crippen molar-refractivity contribution in [2.24, 2.45) is 0 Å². The van der Waals surface area contributed by atoms with E-state index in [4.69, 9.17) is 21.1 Å². The van der Waals surface area contributed by atoms with E-state index in [1.807, 2.05) is 0 Å². The lowest BCUT2D eigenvalue weighted by Gasteiger charge is -2.09. The third-order valence-corrected chi connectivity index (χ3v) is 3.05. The van der Waals surface area contributed by atoms with Gasteiger partial charge in [0.2, 0.25) is 0 Å². The second kappa shape index (κ2) is 6.55. The van der Waals surface area contributed by atoms with E-state index in [2.05, 4.69) is 32.1 Å². The number of aryl methyl sites for hydroxylation is 1. The molecule has 2 rings (SSSR count). The van der Waals surface area contributed by atoms with Gasteiger partial charge in [-0.15, -0.1) is 0 Å². The second-order valence-corrected chi connectivity index (χ2v) is 5.05. The van der Waals surface area contributed by atoms with E-state index in [0.29, 0.717) is 16.0 Å². The fraction of sp³-hybridized carbons (Fsp3) is 0.0833. The van der Waals surface area contributed by atoms with Gasteiger partial charge < -0.3 is 8.83 Å². The van der Waals surface area contributed by atoms with E-state index in [9.17, 15) is 9.59 Å². The van der Waals surface area contributed by atoms with Gasteiger partial charge in [-0.3, -0.25) is 25.8 Å². The largest absolute Gasteiger partial charge is 0.469 e. The molecule has 0 aromatic carbocycles. The average molecular weight is 372 g/mol. The van der Waals surface area contributed by atoms with E-state index in [1.165, 1.54) is 18.4 Å². The molecule has 0 aliphatic carbocycles. The highest BCUT2D eigenvalue weighted by atomic mass is 79.9. The molecule has 3 N–H and O–H groups in total. The van der Waals surface area contributed by atoms with E-state index in [1.54, 1.807) is 13.0 Å². The molecule has 110 valence electrons. The minimum absolute atomic E-state index is 0.0676. The molecule has 9 heteroatoms. The molecule has 2 aromatic heterocycles. The lowest BCUT2D eigenvalue weighted by atomic mass is 10.2. The molecule has 7 nitrogen and oxygen atoms in total. The molecule has 0 saturated heterocycles. The molecule has 21 heavy (non-hydrogen) atoms. The van der Waals surface area contributed by atoms with Gasteiger partial charge in [0, 0.05) is 0 Å². The number of halogens is 1. The molecule has 0 radical (unpaired) electrons. The van der Waals surface area contributed by atoms with Gasteiger partial charge in [0.25, 0.3) is 11.8 Å². The SMILES string of the molecule is Cc1occc1C(=O)NNC(=S)NC(=O)c1ccc(Br)o1. The monoisotopic (exact) mass is 371 g/mol. The molecule has 0 aliphatic rings. The minimum Gasteiger partial charge on any atom is -0.469 e. The molecule has 0 unspecified atom stereocenters. The minimum atomic E-state index is -0.535. The highest BCUT2D eigenvalue weighted by molar-refractivity contribution is 9.10. The smallest absolute Gasteiger partial charge is 0.293 e. The predicted molar refractivity (Wildman–Crippen MR) is 80.5 cm³/mol. The molecular weight excluding hydrogens is 362 g/mol. The molecular formula is C12H10BrN3O4S. The van der Waals surface area contributed by atoms with Crippen molar-refractivity contribution in [2.45, 2.75) is 6.92 Å². The van der Waals surface area contributed by atoms with Crippen LogP contribution in [0.3, 0.4) is 0 Å². The Balaban J connectivity index is 1.84. The predicted octanol–water partition coefficient (Wildman–Crippen LogP) is 1.89. The number of amides is 2. The van der Waals surface area contributed by atoms with Gasteiger partial charge in [0.15, 0.2) is 15.5 Å². The van der Waals surface area contributed by atoms with Crippen LogP contribution in [0.2, 0.25) is 0 Å². The molecule has 0 fully saturated rings. The van der Waals surface area contributed by atoms with E-state index in [0.717, 1.165) is 0 Å². The molecule has 0 saturated carbocycles. The quantitative estimate of drug-likeness (QED) is 0.551. The second-order valence-electron chi connectivity index (χ2n) is 3.86. The number of rotatable bonds is 2. The zero-order valence-corrected chi connectivity index (χ0v) is 13.1. The van der Waals surface area contributed by atoms with Gasteiger partial charge in [-0.25, -0.2) is 0 Å². The van der Waals surface area contributed by atoms with Crippen molar-refractivity contribution in [1.29, 1.82) is 0 Å². The Labute approximate surface area is 133 Å². The third-order valence-electron chi connectivity index (χ3n) is 2.42. The highest BCUT2D eigenvalue weighted by Crippen LogP contribution is 2.13. The van der Waals surface area contributed by atoms with Gasteiger partial charge in [-0.2, -0.15) is 0 Å². The molecule has 0 aliphatic heterocycles. The van der Waals surface area contributed by atoms with E-state index in [-0.39, 0.29) is 10.9 Å². The van der Waals surface area contributed by atoms with E-state index >= 15 is 0 Å². The van der Waals surface area contributed by atoms with Gasteiger partial charge in [-0.1, -0.05) is 0 Å². The zero-order chi connectivity index (χ0) is 15.4. The van der Waals surface area contributed by atoms with Crippen LogP contribution in [-0.4, -0.2) is 16.9 Å². The molecule has 2 heterocycles. The van der Waals surface area contributed by atoms with Crippen molar-refractivity contribution in [1.82, 2.24) is 16.2 Å². The summed E-state index contributed by atoms with van der Waals surface area (Å²) >= 11 is 7.97. The number of nitrogens with one attached hydrogen (secondary N) is 3. The standard InChI is InChI=1S/C12H10BrN3O4S/c1-6-7(4-5-19-6)10(17)15-16-12(21)14-11(18)8-2-3-9(13)20-8/h2-5H,1H3,(H,15,17)(H2,14,16,18,21). The normalized spacial score (nSPS) is 10.0. The fourth-order valence-corrected chi connectivity index (χ4v) is 1.88. The van der Waals surface area contributed by atoms with Crippen molar-refractivity contribution >= 4 is 45.1 Å². The number of carbonyl (C=O) groups is 2. The van der Waals surface area contributed by atoms with Crippen molar-refractivity contribution < 1.29 is 18.4 Å². The van der Waals surface area contributed by atoms with Crippen LogP contribution in [0.15, 0.2) is 38.0 Å². The molecule has 0 atom stereocenters. The number of hydrogen-bond acceptors (Lipinski definition) is 5. The first kappa shape index (κ1) is 15.3. The van der Waals surface area contributed by atoms with Crippen LogP contribution in [0.5, 0.6) is 0 Å². The summed E-state index contributed by atoms with van der Waals surface area (Å²) in [4.78, 5) is 23.5. The number of thiocarbonyl (C=S) groups is 1. The fourth-order valence-electron chi connectivity index (χ4n) is 1.43. The van der Waals surface area contributed by atoms with Gasteiger partial charge in [0.05, 0.1) is 11.8 Å². The number of hydrazine groups is 1. The van der Waals surface area contributed by atoms with Gasteiger partial charge in [-0.05, 0) is 53.3 Å². The lowest BCUT2D eigenvalue weighted by Crippen LogP contribution is -2.48. The zero-order valence-electron chi connectivity index (χ0n) is 10.7. The topological polar surface area (TPSA) is 96.5 Å². The molecule has 0 spiro atoms. The summed E-state index contributed by atoms with van der Waals surface area (Å²) in [5, 5.41) is 2.29. The van der Waals surface area contributed by atoms with Crippen molar-refractivity contribution in [3.8, 4) is 0 Å². The number of carbonyl (C=O) groups excluding carboxylic acids is 2. The Hall–Kier alpha value is -2.13. The Morgan fingerprint density at radius 1 is 1.19 bits per heavy atom. The Morgan fingerprint density at radius 3 is 2.52 bits per heavy atom. The maximum atomic E-state index is 11.8. The Morgan fingerprint density at radius 2 is 1.95 bits per heavy atom. The summed E-state index contributed by atoms with van der Waals surface area (Å²) in [5.41, 5.74) is 5.12. The van der Waals surface area contributed by atoms with Gasteiger partial charge >= 0.3 is 0 Å². The van der Waals surface area contributed by atoms with Crippen LogP contribution in [0.25, 0.3) is 0 Å². The molecule has 2 amide bonds.